The number of carbonyl (C=O) groups is 1. The van der Waals surface area contributed by atoms with Crippen LogP contribution in [0, 0.1) is 6.92 Å². The van der Waals surface area contributed by atoms with Gasteiger partial charge in [0, 0.05) is 31.3 Å². The van der Waals surface area contributed by atoms with Crippen molar-refractivity contribution in [1.82, 2.24) is 19.7 Å². The number of likely N-dealkylation sites (tertiary alicyclic amines) is 1. The Kier molecular flexibility index (Phi) is 4.74. The van der Waals surface area contributed by atoms with E-state index in [-0.39, 0.29) is 5.91 Å². The Labute approximate surface area is 137 Å². The molecule has 1 amide bonds. The second-order valence-electron chi connectivity index (χ2n) is 6.25. The third-order valence-corrected chi connectivity index (χ3v) is 4.38. The second-order valence-corrected chi connectivity index (χ2v) is 6.25. The first-order valence-electron chi connectivity index (χ1n) is 8.42. The topological polar surface area (TPSA) is 51.0 Å². The van der Waals surface area contributed by atoms with E-state index < -0.39 is 0 Å². The van der Waals surface area contributed by atoms with Crippen LogP contribution >= 0.6 is 0 Å². The van der Waals surface area contributed by atoms with Crippen molar-refractivity contribution in [1.29, 1.82) is 0 Å². The highest BCUT2D eigenvalue weighted by atomic mass is 16.2. The normalized spacial score (nSPS) is 16.0. The standard InChI is InChI=1S/C18H24N4O/c1-14-19-17(21(2)20-14)15-9-8-10-16(13-15)18(23)22-11-6-4-3-5-7-12-22/h8-10,13H,3-7,11-12H2,1-2H3. The van der Waals surface area contributed by atoms with E-state index in [9.17, 15) is 4.79 Å². The van der Waals surface area contributed by atoms with Crippen LogP contribution in [0.25, 0.3) is 11.4 Å². The molecule has 0 bridgehead atoms. The van der Waals surface area contributed by atoms with Gasteiger partial charge in [-0.3, -0.25) is 4.79 Å². The molecule has 2 aromatic rings. The molecule has 3 rings (SSSR count). The minimum atomic E-state index is 0.132. The van der Waals surface area contributed by atoms with E-state index in [0.29, 0.717) is 0 Å². The predicted molar refractivity (Wildman–Crippen MR) is 90.2 cm³/mol. The Balaban J connectivity index is 1.83. The zero-order valence-corrected chi connectivity index (χ0v) is 14.0. The van der Waals surface area contributed by atoms with Crippen molar-refractivity contribution in [2.45, 2.75) is 39.0 Å². The molecule has 1 fully saturated rings. The zero-order valence-electron chi connectivity index (χ0n) is 14.0. The Hall–Kier alpha value is -2.17. The maximum atomic E-state index is 12.8. The van der Waals surface area contributed by atoms with Gasteiger partial charge >= 0.3 is 0 Å². The van der Waals surface area contributed by atoms with Crippen molar-refractivity contribution in [3.05, 3.63) is 35.7 Å². The number of hydrogen-bond acceptors (Lipinski definition) is 3. The molecular formula is C18H24N4O. The predicted octanol–water partition coefficient (Wildman–Crippen LogP) is 3.20. The van der Waals surface area contributed by atoms with Crippen molar-refractivity contribution in [2.24, 2.45) is 7.05 Å². The quantitative estimate of drug-likeness (QED) is 0.855. The number of rotatable bonds is 2. The first-order chi connectivity index (χ1) is 11.1. The van der Waals surface area contributed by atoms with E-state index in [1.807, 2.05) is 43.1 Å². The van der Waals surface area contributed by atoms with Crippen molar-refractivity contribution in [2.75, 3.05) is 13.1 Å². The summed E-state index contributed by atoms with van der Waals surface area (Å²) in [5.74, 6) is 1.67. The molecule has 0 unspecified atom stereocenters. The summed E-state index contributed by atoms with van der Waals surface area (Å²) >= 11 is 0. The van der Waals surface area contributed by atoms with E-state index in [4.69, 9.17) is 0 Å². The van der Waals surface area contributed by atoms with Crippen LogP contribution in [0.15, 0.2) is 24.3 Å². The average Bonchev–Trinajstić information content (AvgIpc) is 2.85. The monoisotopic (exact) mass is 312 g/mol. The van der Waals surface area contributed by atoms with Gasteiger partial charge in [0.2, 0.25) is 0 Å². The number of aromatic nitrogens is 3. The van der Waals surface area contributed by atoms with Crippen LogP contribution < -0.4 is 0 Å². The molecule has 122 valence electrons. The molecule has 1 aromatic carbocycles. The fraction of sp³-hybridized carbons (Fsp3) is 0.500. The average molecular weight is 312 g/mol. The number of amides is 1. The molecule has 1 aliphatic rings. The summed E-state index contributed by atoms with van der Waals surface area (Å²) in [6, 6.07) is 7.74. The van der Waals surface area contributed by atoms with Gasteiger partial charge in [0.15, 0.2) is 5.82 Å². The lowest BCUT2D eigenvalue weighted by atomic mass is 10.1. The molecule has 0 N–H and O–H groups in total. The highest BCUT2D eigenvalue weighted by molar-refractivity contribution is 5.95. The molecule has 5 heteroatoms. The summed E-state index contributed by atoms with van der Waals surface area (Å²) in [7, 11) is 1.88. The van der Waals surface area contributed by atoms with Crippen LogP contribution in [0.5, 0.6) is 0 Å². The molecule has 0 atom stereocenters. The van der Waals surface area contributed by atoms with Gasteiger partial charge in [0.25, 0.3) is 5.91 Å². The van der Waals surface area contributed by atoms with Gasteiger partial charge in [-0.2, -0.15) is 5.10 Å². The Morgan fingerprint density at radius 1 is 1.09 bits per heavy atom. The molecule has 1 aromatic heterocycles. The Morgan fingerprint density at radius 2 is 1.78 bits per heavy atom. The van der Waals surface area contributed by atoms with E-state index in [1.165, 1.54) is 19.3 Å². The van der Waals surface area contributed by atoms with E-state index >= 15 is 0 Å². The first kappa shape index (κ1) is 15.7. The lowest BCUT2D eigenvalue weighted by molar-refractivity contribution is 0.0742. The molecule has 23 heavy (non-hydrogen) atoms. The maximum absolute atomic E-state index is 12.8. The Bertz CT molecular complexity index is 684. The van der Waals surface area contributed by atoms with Crippen LogP contribution in [0.2, 0.25) is 0 Å². The molecule has 0 saturated carbocycles. The third-order valence-electron chi connectivity index (χ3n) is 4.38. The molecular weight excluding hydrogens is 288 g/mol. The Morgan fingerprint density at radius 3 is 2.43 bits per heavy atom. The largest absolute Gasteiger partial charge is 0.339 e. The van der Waals surface area contributed by atoms with Gasteiger partial charge in [-0.05, 0) is 31.9 Å². The molecule has 0 spiro atoms. The van der Waals surface area contributed by atoms with Gasteiger partial charge < -0.3 is 4.90 Å². The zero-order chi connectivity index (χ0) is 16.2. The van der Waals surface area contributed by atoms with Crippen molar-refractivity contribution < 1.29 is 4.79 Å². The molecule has 0 aliphatic carbocycles. The highest BCUT2D eigenvalue weighted by Crippen LogP contribution is 2.20. The van der Waals surface area contributed by atoms with E-state index in [1.54, 1.807) is 4.68 Å². The molecule has 5 nitrogen and oxygen atoms in total. The maximum Gasteiger partial charge on any atom is 0.253 e. The lowest BCUT2D eigenvalue weighted by Gasteiger charge is -2.25. The minimum Gasteiger partial charge on any atom is -0.339 e. The number of aryl methyl sites for hydroxylation is 2. The van der Waals surface area contributed by atoms with Crippen molar-refractivity contribution in [3.8, 4) is 11.4 Å². The number of benzene rings is 1. The summed E-state index contributed by atoms with van der Waals surface area (Å²) in [5, 5.41) is 4.28. The van der Waals surface area contributed by atoms with Crippen LogP contribution in [0.3, 0.4) is 0 Å². The SMILES string of the molecule is Cc1nc(-c2cccc(C(=O)N3CCCCCCC3)c2)n(C)n1. The fourth-order valence-corrected chi connectivity index (χ4v) is 3.19. The van der Waals surface area contributed by atoms with E-state index in [0.717, 1.165) is 48.7 Å². The smallest absolute Gasteiger partial charge is 0.253 e. The van der Waals surface area contributed by atoms with Crippen LogP contribution in [-0.2, 0) is 7.05 Å². The minimum absolute atomic E-state index is 0.132. The van der Waals surface area contributed by atoms with Gasteiger partial charge in [0.1, 0.15) is 5.82 Å². The van der Waals surface area contributed by atoms with Crippen LogP contribution in [-0.4, -0.2) is 38.7 Å². The third kappa shape index (κ3) is 3.60. The summed E-state index contributed by atoms with van der Waals surface area (Å²) in [6.07, 6.45) is 5.95. The summed E-state index contributed by atoms with van der Waals surface area (Å²) in [5.41, 5.74) is 1.68. The van der Waals surface area contributed by atoms with Gasteiger partial charge in [-0.25, -0.2) is 9.67 Å². The van der Waals surface area contributed by atoms with Crippen LogP contribution in [0.1, 0.15) is 48.3 Å². The number of carbonyl (C=O) groups excluding carboxylic acids is 1. The van der Waals surface area contributed by atoms with Crippen LogP contribution in [0.4, 0.5) is 0 Å². The van der Waals surface area contributed by atoms with Gasteiger partial charge in [-0.15, -0.1) is 0 Å². The molecule has 0 radical (unpaired) electrons. The van der Waals surface area contributed by atoms with Gasteiger partial charge in [-0.1, -0.05) is 31.4 Å². The van der Waals surface area contributed by atoms with Gasteiger partial charge in [0.05, 0.1) is 0 Å². The highest BCUT2D eigenvalue weighted by Gasteiger charge is 2.18. The summed E-state index contributed by atoms with van der Waals surface area (Å²) in [6.45, 7) is 3.61. The molecule has 2 heterocycles. The molecule has 1 aliphatic heterocycles. The lowest BCUT2D eigenvalue weighted by Crippen LogP contribution is -2.33. The number of hydrogen-bond donors (Lipinski definition) is 0. The second kappa shape index (κ2) is 6.94. The summed E-state index contributed by atoms with van der Waals surface area (Å²) < 4.78 is 1.76. The number of nitrogens with zero attached hydrogens (tertiary/aromatic N) is 4. The fourth-order valence-electron chi connectivity index (χ4n) is 3.19. The first-order valence-corrected chi connectivity index (χ1v) is 8.42. The van der Waals surface area contributed by atoms with E-state index in [2.05, 4.69) is 10.1 Å². The van der Waals surface area contributed by atoms with Crippen molar-refractivity contribution >= 4 is 5.91 Å². The summed E-state index contributed by atoms with van der Waals surface area (Å²) in [4.78, 5) is 19.3. The van der Waals surface area contributed by atoms with Crippen molar-refractivity contribution in [3.63, 3.8) is 0 Å². The molecule has 1 saturated heterocycles.